The second-order valence-corrected chi connectivity index (χ2v) is 11.5. The van der Waals surface area contributed by atoms with Crippen LogP contribution in [-0.4, -0.2) is 26.2 Å². The smallest absolute Gasteiger partial charge is 0.335 e. The van der Waals surface area contributed by atoms with Gasteiger partial charge in [0, 0.05) is 46.4 Å². The normalized spacial score (nSPS) is 13.0. The lowest BCUT2D eigenvalue weighted by Gasteiger charge is -2.37. The number of hydrogen-bond acceptors (Lipinski definition) is 6. The molecule has 6 aromatic carbocycles. The van der Waals surface area contributed by atoms with Gasteiger partial charge in [0.15, 0.2) is 0 Å². The van der Waals surface area contributed by atoms with E-state index in [-0.39, 0.29) is 12.8 Å². The zero-order valence-corrected chi connectivity index (χ0v) is 26.8. The predicted octanol–water partition coefficient (Wildman–Crippen LogP) is 9.62. The van der Waals surface area contributed by atoms with Gasteiger partial charge in [-0.3, -0.25) is 0 Å². The number of rotatable bonds is 8. The molecule has 236 valence electrons. The van der Waals surface area contributed by atoms with E-state index >= 15 is 0 Å². The molecule has 6 aromatic rings. The van der Waals surface area contributed by atoms with E-state index < -0.39 is 11.9 Å². The quantitative estimate of drug-likeness (QED) is 0.156. The van der Waals surface area contributed by atoms with Crippen molar-refractivity contribution in [2.24, 2.45) is 0 Å². The molecule has 6 heteroatoms. The third-order valence-electron chi connectivity index (χ3n) is 8.83. The lowest BCUT2D eigenvalue weighted by atomic mass is 9.89. The number of methoxy groups -OCH3 is 2. The summed E-state index contributed by atoms with van der Waals surface area (Å²) in [5, 5.41) is 4.14. The average molecular weight is 631 g/mol. The Kier molecular flexibility index (Phi) is 8.46. The topological polar surface area (TPSA) is 59.1 Å². The van der Waals surface area contributed by atoms with Gasteiger partial charge in [0.1, 0.15) is 0 Å². The SMILES string of the molecule is COC(=O)C1=C(N(c2ccccc2)c2cccc3ccccc23)CC(C(=O)OC)=C(N(c2ccccc2)c2cccc3ccccc23)C1. The minimum absolute atomic E-state index is 0.124. The molecule has 1 aliphatic rings. The number of benzene rings is 6. The van der Waals surface area contributed by atoms with Gasteiger partial charge >= 0.3 is 11.9 Å². The van der Waals surface area contributed by atoms with Crippen LogP contribution in [0.5, 0.6) is 0 Å². The van der Waals surface area contributed by atoms with Crippen molar-refractivity contribution in [2.75, 3.05) is 24.0 Å². The minimum Gasteiger partial charge on any atom is -0.466 e. The van der Waals surface area contributed by atoms with E-state index in [2.05, 4.69) is 46.2 Å². The van der Waals surface area contributed by atoms with Gasteiger partial charge in [-0.25, -0.2) is 9.59 Å². The summed E-state index contributed by atoms with van der Waals surface area (Å²) in [4.78, 5) is 32.1. The second kappa shape index (κ2) is 13.3. The average Bonchev–Trinajstić information content (AvgIpc) is 3.15. The lowest BCUT2D eigenvalue weighted by Crippen LogP contribution is -2.31. The van der Waals surface area contributed by atoms with Crippen LogP contribution in [0.1, 0.15) is 12.8 Å². The fourth-order valence-electron chi connectivity index (χ4n) is 6.65. The first-order chi connectivity index (χ1) is 23.6. The van der Waals surface area contributed by atoms with E-state index in [4.69, 9.17) is 9.47 Å². The second-order valence-electron chi connectivity index (χ2n) is 11.5. The Hall–Kier alpha value is -6.14. The number of anilines is 4. The molecule has 0 spiro atoms. The molecule has 1 aliphatic carbocycles. The van der Waals surface area contributed by atoms with Crippen molar-refractivity contribution in [3.05, 3.63) is 168 Å². The maximum atomic E-state index is 13.9. The van der Waals surface area contributed by atoms with Gasteiger partial charge in [-0.05, 0) is 47.2 Å². The van der Waals surface area contributed by atoms with Crippen LogP contribution in [0, 0.1) is 0 Å². The molecule has 0 atom stereocenters. The van der Waals surface area contributed by atoms with Gasteiger partial charge in [0.25, 0.3) is 0 Å². The highest BCUT2D eigenvalue weighted by Gasteiger charge is 2.36. The standard InChI is InChI=1S/C42H34N2O4/c1-47-41(45)35-27-40(44(32-21-7-4-8-22-32)38-26-14-18-30-16-10-12-24-34(30)38)36(42(46)48-2)28-39(35)43(31-19-5-3-6-20-31)37-25-13-17-29-15-9-11-23-33(29)37/h3-26H,27-28H2,1-2H3. The van der Waals surface area contributed by atoms with Gasteiger partial charge in [-0.15, -0.1) is 0 Å². The number of esters is 2. The number of fused-ring (bicyclic) bond motifs is 2. The Balaban J connectivity index is 1.50. The molecular weight excluding hydrogens is 596 g/mol. The molecule has 0 unspecified atom stereocenters. The van der Waals surface area contributed by atoms with Gasteiger partial charge < -0.3 is 19.3 Å². The number of allylic oxidation sites excluding steroid dienone is 2. The number of carbonyl (C=O) groups is 2. The minimum atomic E-state index is -0.460. The van der Waals surface area contributed by atoms with Crippen molar-refractivity contribution < 1.29 is 19.1 Å². The lowest BCUT2D eigenvalue weighted by molar-refractivity contribution is -0.137. The van der Waals surface area contributed by atoms with E-state index in [0.717, 1.165) is 44.3 Å². The molecule has 0 heterocycles. The van der Waals surface area contributed by atoms with Crippen LogP contribution in [0.15, 0.2) is 168 Å². The Morgan fingerprint density at radius 1 is 0.458 bits per heavy atom. The van der Waals surface area contributed by atoms with Crippen molar-refractivity contribution in [2.45, 2.75) is 12.8 Å². The Morgan fingerprint density at radius 3 is 1.21 bits per heavy atom. The van der Waals surface area contributed by atoms with Crippen LogP contribution >= 0.6 is 0 Å². The maximum Gasteiger partial charge on any atom is 0.335 e. The van der Waals surface area contributed by atoms with E-state index in [1.54, 1.807) is 0 Å². The van der Waals surface area contributed by atoms with Crippen LogP contribution in [-0.2, 0) is 19.1 Å². The number of para-hydroxylation sites is 2. The molecule has 0 saturated heterocycles. The zero-order chi connectivity index (χ0) is 33.0. The van der Waals surface area contributed by atoms with Gasteiger partial charge in [-0.1, -0.05) is 109 Å². The van der Waals surface area contributed by atoms with Crippen LogP contribution in [0.3, 0.4) is 0 Å². The predicted molar refractivity (Wildman–Crippen MR) is 192 cm³/mol. The number of ether oxygens (including phenoxy) is 2. The van der Waals surface area contributed by atoms with Crippen LogP contribution in [0.4, 0.5) is 22.7 Å². The molecule has 0 radical (unpaired) electrons. The summed E-state index contributed by atoms with van der Waals surface area (Å²) in [5.41, 5.74) is 5.70. The molecule has 7 rings (SSSR count). The highest BCUT2D eigenvalue weighted by Crippen LogP contribution is 2.46. The van der Waals surface area contributed by atoms with Crippen LogP contribution < -0.4 is 9.80 Å². The van der Waals surface area contributed by atoms with Gasteiger partial charge in [0.2, 0.25) is 0 Å². The molecule has 0 amide bonds. The third-order valence-corrected chi connectivity index (χ3v) is 8.83. The Morgan fingerprint density at radius 2 is 0.812 bits per heavy atom. The van der Waals surface area contributed by atoms with Crippen molar-refractivity contribution in [1.29, 1.82) is 0 Å². The fourth-order valence-corrected chi connectivity index (χ4v) is 6.65. The highest BCUT2D eigenvalue weighted by atomic mass is 16.5. The summed E-state index contributed by atoms with van der Waals surface area (Å²) in [6.07, 6.45) is 0.247. The first kappa shape index (κ1) is 30.5. The largest absolute Gasteiger partial charge is 0.466 e. The molecule has 0 aromatic heterocycles. The van der Waals surface area contributed by atoms with E-state index in [1.165, 1.54) is 14.2 Å². The van der Waals surface area contributed by atoms with Crippen molar-refractivity contribution in [1.82, 2.24) is 0 Å². The van der Waals surface area contributed by atoms with Crippen molar-refractivity contribution in [3.63, 3.8) is 0 Å². The molecule has 0 bridgehead atoms. The number of nitrogens with zero attached hydrogens (tertiary/aromatic N) is 2. The Labute approximate surface area is 279 Å². The molecule has 6 nitrogen and oxygen atoms in total. The van der Waals surface area contributed by atoms with E-state index in [0.29, 0.717) is 22.5 Å². The van der Waals surface area contributed by atoms with Gasteiger partial charge in [0.05, 0.1) is 36.7 Å². The highest BCUT2D eigenvalue weighted by molar-refractivity contribution is 6.03. The molecular formula is C42H34N2O4. The summed E-state index contributed by atoms with van der Waals surface area (Å²) in [5.74, 6) is -0.919. The summed E-state index contributed by atoms with van der Waals surface area (Å²) >= 11 is 0. The van der Waals surface area contributed by atoms with Crippen LogP contribution in [0.2, 0.25) is 0 Å². The summed E-state index contributed by atoms with van der Waals surface area (Å²) in [6.45, 7) is 0. The summed E-state index contributed by atoms with van der Waals surface area (Å²) in [6, 6.07) is 48.4. The van der Waals surface area contributed by atoms with Gasteiger partial charge in [-0.2, -0.15) is 0 Å². The first-order valence-corrected chi connectivity index (χ1v) is 15.9. The van der Waals surface area contributed by atoms with Crippen molar-refractivity contribution >= 4 is 56.2 Å². The molecule has 48 heavy (non-hydrogen) atoms. The molecule has 0 N–H and O–H groups in total. The molecule has 0 saturated carbocycles. The fraction of sp³-hybridized carbons (Fsp3) is 0.0952. The first-order valence-electron chi connectivity index (χ1n) is 15.9. The Bertz CT molecular complexity index is 2040. The zero-order valence-electron chi connectivity index (χ0n) is 26.8. The summed E-state index contributed by atoms with van der Waals surface area (Å²) in [7, 11) is 2.80. The molecule has 0 fully saturated rings. The summed E-state index contributed by atoms with van der Waals surface area (Å²) < 4.78 is 11.0. The number of carbonyl (C=O) groups excluding carboxylic acids is 2. The monoisotopic (exact) mass is 630 g/mol. The van der Waals surface area contributed by atoms with Crippen LogP contribution in [0.25, 0.3) is 21.5 Å². The van der Waals surface area contributed by atoms with E-state index in [9.17, 15) is 9.59 Å². The third kappa shape index (κ3) is 5.58. The van der Waals surface area contributed by atoms with Crippen molar-refractivity contribution in [3.8, 4) is 0 Å². The molecule has 0 aliphatic heterocycles. The number of hydrogen-bond donors (Lipinski definition) is 0. The maximum absolute atomic E-state index is 13.9. The van der Waals surface area contributed by atoms with E-state index in [1.807, 2.05) is 109 Å².